The molecule has 9 aromatic rings. The Labute approximate surface area is 318 Å². The van der Waals surface area contributed by atoms with Gasteiger partial charge in [0.2, 0.25) is 0 Å². The molecule has 0 radical (unpaired) electrons. The van der Waals surface area contributed by atoms with Gasteiger partial charge in [0, 0.05) is 40.1 Å². The standard InChI is InChI=1S/C50H31N5/c51-31-34-14-13-20-40(42(34)32-52)35-28-38(54-46-23-10-7-19-41(46)43-33-53-27-26-47(43)54)30-39(29-35)55-48-24-11-8-21-44(48)50(36-15-3-1-4-16-36,37-17-5-2-6-18-37)45-22-9-12-25-49(45)55/h1-30,33H. The lowest BCUT2D eigenvalue weighted by atomic mass is 9.62. The van der Waals surface area contributed by atoms with E-state index in [1.54, 1.807) is 6.07 Å². The number of nitriles is 2. The van der Waals surface area contributed by atoms with Crippen molar-refractivity contribution in [3.63, 3.8) is 0 Å². The fourth-order valence-corrected chi connectivity index (χ4v) is 8.80. The highest BCUT2D eigenvalue weighted by atomic mass is 15.2. The van der Waals surface area contributed by atoms with E-state index in [0.29, 0.717) is 16.7 Å². The number of para-hydroxylation sites is 3. The molecule has 0 N–H and O–H groups in total. The number of fused-ring (bicyclic) bond motifs is 5. The molecule has 256 valence electrons. The first kappa shape index (κ1) is 32.0. The molecule has 0 saturated carbocycles. The normalized spacial score (nSPS) is 12.8. The molecule has 5 heteroatoms. The number of nitrogens with zero attached hydrogens (tertiary/aromatic N) is 5. The van der Waals surface area contributed by atoms with Crippen LogP contribution in [0.25, 0.3) is 38.6 Å². The van der Waals surface area contributed by atoms with E-state index in [1.807, 2.05) is 24.5 Å². The fourth-order valence-electron chi connectivity index (χ4n) is 8.80. The average Bonchev–Trinajstić information content (AvgIpc) is 3.60. The van der Waals surface area contributed by atoms with Crippen molar-refractivity contribution in [2.75, 3.05) is 4.90 Å². The molecule has 5 nitrogen and oxygen atoms in total. The molecule has 55 heavy (non-hydrogen) atoms. The van der Waals surface area contributed by atoms with E-state index in [9.17, 15) is 10.5 Å². The Hall–Kier alpha value is -7.73. The molecule has 0 atom stereocenters. The fraction of sp³-hybridized carbons (Fsp3) is 0.0200. The van der Waals surface area contributed by atoms with Crippen LogP contribution in [0.1, 0.15) is 33.4 Å². The third-order valence-corrected chi connectivity index (χ3v) is 11.0. The topological polar surface area (TPSA) is 68.6 Å². The first-order chi connectivity index (χ1) is 27.2. The largest absolute Gasteiger partial charge is 0.310 e. The summed E-state index contributed by atoms with van der Waals surface area (Å²) in [6.45, 7) is 0. The second-order valence-corrected chi connectivity index (χ2v) is 13.8. The predicted molar refractivity (Wildman–Crippen MR) is 220 cm³/mol. The first-order valence-corrected chi connectivity index (χ1v) is 18.2. The molecule has 7 aromatic carbocycles. The summed E-state index contributed by atoms with van der Waals surface area (Å²) in [6, 6.07) is 66.0. The van der Waals surface area contributed by atoms with Gasteiger partial charge < -0.3 is 9.47 Å². The van der Waals surface area contributed by atoms with E-state index >= 15 is 0 Å². The number of benzene rings is 7. The highest BCUT2D eigenvalue weighted by Crippen LogP contribution is 2.58. The summed E-state index contributed by atoms with van der Waals surface area (Å²) in [5.74, 6) is 0. The third kappa shape index (κ3) is 4.74. The maximum atomic E-state index is 10.5. The monoisotopic (exact) mass is 701 g/mol. The Morgan fingerprint density at radius 1 is 0.509 bits per heavy atom. The zero-order valence-corrected chi connectivity index (χ0v) is 29.6. The van der Waals surface area contributed by atoms with E-state index in [0.717, 1.165) is 61.2 Å². The van der Waals surface area contributed by atoms with Gasteiger partial charge in [-0.25, -0.2) is 0 Å². The van der Waals surface area contributed by atoms with Crippen LogP contribution in [-0.2, 0) is 5.41 Å². The summed E-state index contributed by atoms with van der Waals surface area (Å²) < 4.78 is 2.28. The number of anilines is 3. The average molecular weight is 702 g/mol. The van der Waals surface area contributed by atoms with Crippen molar-refractivity contribution in [3.8, 4) is 29.0 Å². The number of aromatic nitrogens is 2. The molecule has 0 amide bonds. The number of hydrogen-bond donors (Lipinski definition) is 0. The van der Waals surface area contributed by atoms with Gasteiger partial charge in [0.25, 0.3) is 0 Å². The number of hydrogen-bond acceptors (Lipinski definition) is 4. The van der Waals surface area contributed by atoms with E-state index in [-0.39, 0.29) is 0 Å². The maximum Gasteiger partial charge on any atom is 0.101 e. The van der Waals surface area contributed by atoms with Gasteiger partial charge in [0.05, 0.1) is 39.0 Å². The van der Waals surface area contributed by atoms with E-state index in [1.165, 1.54) is 11.1 Å². The van der Waals surface area contributed by atoms with Gasteiger partial charge in [-0.1, -0.05) is 127 Å². The summed E-state index contributed by atoms with van der Waals surface area (Å²) >= 11 is 0. The summed E-state index contributed by atoms with van der Waals surface area (Å²) in [5.41, 5.74) is 12.3. The Morgan fingerprint density at radius 3 is 1.78 bits per heavy atom. The van der Waals surface area contributed by atoms with Gasteiger partial charge in [-0.3, -0.25) is 4.98 Å². The van der Waals surface area contributed by atoms with Crippen molar-refractivity contribution in [1.29, 1.82) is 10.5 Å². The van der Waals surface area contributed by atoms with Crippen LogP contribution in [0.15, 0.2) is 188 Å². The van der Waals surface area contributed by atoms with Crippen LogP contribution in [0.4, 0.5) is 17.1 Å². The highest BCUT2D eigenvalue weighted by molar-refractivity contribution is 6.09. The van der Waals surface area contributed by atoms with E-state index in [2.05, 4.69) is 184 Å². The quantitative estimate of drug-likeness (QED) is 0.179. The zero-order valence-electron chi connectivity index (χ0n) is 29.6. The van der Waals surface area contributed by atoms with Crippen LogP contribution in [0.5, 0.6) is 0 Å². The van der Waals surface area contributed by atoms with Gasteiger partial charge in [0.15, 0.2) is 0 Å². The molecule has 0 unspecified atom stereocenters. The lowest BCUT2D eigenvalue weighted by Crippen LogP contribution is -2.37. The van der Waals surface area contributed by atoms with Crippen molar-refractivity contribution in [3.05, 3.63) is 222 Å². The minimum Gasteiger partial charge on any atom is -0.310 e. The van der Waals surface area contributed by atoms with Crippen molar-refractivity contribution in [1.82, 2.24) is 9.55 Å². The van der Waals surface area contributed by atoms with Crippen molar-refractivity contribution >= 4 is 38.9 Å². The van der Waals surface area contributed by atoms with Crippen LogP contribution < -0.4 is 4.90 Å². The molecule has 0 aliphatic carbocycles. The molecule has 2 aromatic heterocycles. The lowest BCUT2D eigenvalue weighted by molar-refractivity contribution is 0.731. The van der Waals surface area contributed by atoms with Crippen molar-refractivity contribution < 1.29 is 0 Å². The van der Waals surface area contributed by atoms with Gasteiger partial charge >= 0.3 is 0 Å². The van der Waals surface area contributed by atoms with E-state index in [4.69, 9.17) is 0 Å². The van der Waals surface area contributed by atoms with Crippen LogP contribution >= 0.6 is 0 Å². The molecule has 0 bridgehead atoms. The third-order valence-electron chi connectivity index (χ3n) is 11.0. The minimum atomic E-state index is -0.610. The van der Waals surface area contributed by atoms with Gasteiger partial charge in [-0.2, -0.15) is 10.5 Å². The summed E-state index contributed by atoms with van der Waals surface area (Å²) in [5, 5.41) is 22.7. The number of pyridine rings is 1. The van der Waals surface area contributed by atoms with Crippen molar-refractivity contribution in [2.45, 2.75) is 5.41 Å². The van der Waals surface area contributed by atoms with Crippen molar-refractivity contribution in [2.24, 2.45) is 0 Å². The predicted octanol–water partition coefficient (Wildman–Crippen LogP) is 11.8. The van der Waals surface area contributed by atoms with Crippen LogP contribution in [0.2, 0.25) is 0 Å². The summed E-state index contributed by atoms with van der Waals surface area (Å²) in [4.78, 5) is 6.85. The Morgan fingerprint density at radius 2 is 1.11 bits per heavy atom. The van der Waals surface area contributed by atoms with Gasteiger partial charge in [-0.15, -0.1) is 0 Å². The SMILES string of the molecule is N#Cc1cccc(-c2cc(N3c4ccccc4C(c4ccccc4)(c4ccccc4)c4ccccc43)cc(-n3c4ccccc4c4cnccc43)c2)c1C#N. The maximum absolute atomic E-state index is 10.5. The molecule has 3 heterocycles. The van der Waals surface area contributed by atoms with Gasteiger partial charge in [-0.05, 0) is 76.3 Å². The molecule has 0 spiro atoms. The van der Waals surface area contributed by atoms with Gasteiger partial charge in [0.1, 0.15) is 12.1 Å². The Balaban J connectivity index is 1.32. The van der Waals surface area contributed by atoms with Crippen LogP contribution in [-0.4, -0.2) is 9.55 Å². The molecular formula is C50H31N5. The molecule has 1 aliphatic rings. The summed E-state index contributed by atoms with van der Waals surface area (Å²) in [7, 11) is 0. The zero-order chi connectivity index (χ0) is 36.9. The lowest BCUT2D eigenvalue weighted by Gasteiger charge is -2.46. The minimum absolute atomic E-state index is 0.346. The Bertz CT molecular complexity index is 2880. The number of rotatable bonds is 5. The second kappa shape index (κ2) is 12.7. The highest BCUT2D eigenvalue weighted by Gasteiger charge is 2.46. The molecule has 1 aliphatic heterocycles. The Kier molecular flexibility index (Phi) is 7.40. The summed E-state index contributed by atoms with van der Waals surface area (Å²) in [6.07, 6.45) is 3.75. The smallest absolute Gasteiger partial charge is 0.101 e. The van der Waals surface area contributed by atoms with E-state index < -0.39 is 5.41 Å². The molecule has 0 fully saturated rings. The first-order valence-electron chi connectivity index (χ1n) is 18.2. The molecule has 10 rings (SSSR count). The molecular weight excluding hydrogens is 671 g/mol. The van der Waals surface area contributed by atoms with Crippen LogP contribution in [0, 0.1) is 22.7 Å². The van der Waals surface area contributed by atoms with Crippen LogP contribution in [0.3, 0.4) is 0 Å². The molecule has 0 saturated heterocycles. The second-order valence-electron chi connectivity index (χ2n) is 13.8.